The molecule has 1 heterocycles. The van der Waals surface area contributed by atoms with Gasteiger partial charge in [0.15, 0.2) is 11.5 Å². The van der Waals surface area contributed by atoms with E-state index in [2.05, 4.69) is 22.9 Å². The van der Waals surface area contributed by atoms with Crippen molar-refractivity contribution in [2.24, 2.45) is 0 Å². The van der Waals surface area contributed by atoms with E-state index in [1.54, 1.807) is 4.90 Å². The van der Waals surface area contributed by atoms with Gasteiger partial charge in [0.2, 0.25) is 0 Å². The van der Waals surface area contributed by atoms with Crippen LogP contribution in [0.25, 0.3) is 0 Å². The van der Waals surface area contributed by atoms with E-state index in [0.717, 1.165) is 22.9 Å². The third-order valence-electron chi connectivity index (χ3n) is 6.62. The number of benzene rings is 1. The lowest BCUT2D eigenvalue weighted by molar-refractivity contribution is -0.129. The molecule has 0 fully saturated rings. The van der Waals surface area contributed by atoms with Gasteiger partial charge < -0.3 is 10.0 Å². The summed E-state index contributed by atoms with van der Waals surface area (Å²) in [4.78, 5) is 26.5. The van der Waals surface area contributed by atoms with Crippen molar-refractivity contribution in [1.82, 2.24) is 4.90 Å². The van der Waals surface area contributed by atoms with Gasteiger partial charge in [0, 0.05) is 11.0 Å². The maximum Gasteiger partial charge on any atom is 0.290 e. The van der Waals surface area contributed by atoms with Crippen molar-refractivity contribution in [3.05, 3.63) is 45.6 Å². The maximum atomic E-state index is 12.7. The van der Waals surface area contributed by atoms with E-state index in [1.807, 2.05) is 24.3 Å². The van der Waals surface area contributed by atoms with Crippen LogP contribution in [0.1, 0.15) is 115 Å². The van der Waals surface area contributed by atoms with Gasteiger partial charge in [-0.15, -0.1) is 0 Å². The summed E-state index contributed by atoms with van der Waals surface area (Å²) in [6.07, 6.45) is 18.0. The van der Waals surface area contributed by atoms with Gasteiger partial charge in [0.05, 0.1) is 11.6 Å². The third-order valence-corrected chi connectivity index (χ3v) is 7.15. The van der Waals surface area contributed by atoms with E-state index in [9.17, 15) is 14.7 Å². The fourth-order valence-corrected chi connectivity index (χ4v) is 4.98. The average molecular weight is 521 g/mol. The molecule has 0 radical (unpaired) electrons. The number of hydrogen-bond donors (Lipinski definition) is 1. The normalized spacial score (nSPS) is 16.2. The molecule has 0 aromatic heterocycles. The summed E-state index contributed by atoms with van der Waals surface area (Å²) in [6.45, 7) is 4.23. The Hall–Kier alpha value is -1.62. The van der Waals surface area contributed by atoms with Crippen molar-refractivity contribution in [2.75, 3.05) is 6.54 Å². The number of nitrogens with zero attached hydrogens (tertiary/aromatic N) is 1. The molecule has 1 aliphatic heterocycles. The SMILES string of the molecule is CCCCCCCCCCCCCCCCN1C(=O)C(O)=C(C(C)=O)C1c1ccc(Br)cc1. The Morgan fingerprint density at radius 3 is 1.76 bits per heavy atom. The van der Waals surface area contributed by atoms with Crippen LogP contribution in [0.5, 0.6) is 0 Å². The van der Waals surface area contributed by atoms with Crippen molar-refractivity contribution >= 4 is 27.6 Å². The molecule has 33 heavy (non-hydrogen) atoms. The number of carbonyl (C=O) groups is 2. The number of rotatable bonds is 17. The predicted octanol–water partition coefficient (Wildman–Crippen LogP) is 8.21. The third kappa shape index (κ3) is 8.92. The lowest BCUT2D eigenvalue weighted by atomic mass is 9.96. The first-order valence-corrected chi connectivity index (χ1v) is 13.8. The van der Waals surface area contributed by atoms with Crippen LogP contribution < -0.4 is 0 Å². The van der Waals surface area contributed by atoms with E-state index in [4.69, 9.17) is 0 Å². The Morgan fingerprint density at radius 1 is 0.848 bits per heavy atom. The summed E-state index contributed by atoms with van der Waals surface area (Å²) in [7, 11) is 0. The number of amides is 1. The highest BCUT2D eigenvalue weighted by atomic mass is 79.9. The zero-order valence-corrected chi connectivity index (χ0v) is 22.2. The Balaban J connectivity index is 1.68. The van der Waals surface area contributed by atoms with Crippen LogP contribution >= 0.6 is 15.9 Å². The van der Waals surface area contributed by atoms with Crippen LogP contribution in [-0.2, 0) is 9.59 Å². The summed E-state index contributed by atoms with van der Waals surface area (Å²) >= 11 is 3.43. The molecule has 1 atom stereocenters. The second-order valence-electron chi connectivity index (χ2n) is 9.37. The molecule has 184 valence electrons. The summed E-state index contributed by atoms with van der Waals surface area (Å²) in [5.74, 6) is -1.07. The van der Waals surface area contributed by atoms with E-state index >= 15 is 0 Å². The molecule has 0 saturated heterocycles. The summed E-state index contributed by atoms with van der Waals surface area (Å²) in [5.41, 5.74) is 1.07. The number of hydrogen-bond acceptors (Lipinski definition) is 3. The zero-order valence-electron chi connectivity index (χ0n) is 20.6. The van der Waals surface area contributed by atoms with Gasteiger partial charge in [-0.1, -0.05) is 118 Å². The van der Waals surface area contributed by atoms with Gasteiger partial charge in [-0.2, -0.15) is 0 Å². The number of carbonyl (C=O) groups excluding carboxylic acids is 2. The van der Waals surface area contributed by atoms with Gasteiger partial charge >= 0.3 is 0 Å². The monoisotopic (exact) mass is 519 g/mol. The number of Topliss-reactive ketones (excluding diaryl/α,β-unsaturated/α-hetero) is 1. The highest BCUT2D eigenvalue weighted by molar-refractivity contribution is 9.10. The molecule has 1 N–H and O–H groups in total. The number of unbranched alkanes of at least 4 members (excludes halogenated alkanes) is 13. The summed E-state index contributed by atoms with van der Waals surface area (Å²) in [5, 5.41) is 10.4. The van der Waals surface area contributed by atoms with Crippen LogP contribution in [0, 0.1) is 0 Å². The molecule has 0 aliphatic carbocycles. The first-order valence-electron chi connectivity index (χ1n) is 13.0. The molecule has 4 nitrogen and oxygen atoms in total. The van der Waals surface area contributed by atoms with Gasteiger partial charge in [0.1, 0.15) is 0 Å². The van der Waals surface area contributed by atoms with Gasteiger partial charge in [0.25, 0.3) is 5.91 Å². The zero-order chi connectivity index (χ0) is 24.1. The van der Waals surface area contributed by atoms with Gasteiger partial charge in [-0.05, 0) is 31.0 Å². The number of aliphatic hydroxyl groups is 1. The minimum Gasteiger partial charge on any atom is -0.503 e. The summed E-state index contributed by atoms with van der Waals surface area (Å²) in [6, 6.07) is 7.11. The second kappa shape index (κ2) is 15.3. The minimum absolute atomic E-state index is 0.215. The molecule has 0 bridgehead atoms. The fraction of sp³-hybridized carbons (Fsp3) is 0.643. The number of aliphatic hydroxyl groups excluding tert-OH is 1. The number of ketones is 1. The van der Waals surface area contributed by atoms with Crippen LogP contribution in [0.4, 0.5) is 0 Å². The lowest BCUT2D eigenvalue weighted by Crippen LogP contribution is -2.32. The maximum absolute atomic E-state index is 12.7. The van der Waals surface area contributed by atoms with Crippen LogP contribution in [0.2, 0.25) is 0 Å². The molecular formula is C28H42BrNO3. The fourth-order valence-electron chi connectivity index (χ4n) is 4.71. The van der Waals surface area contributed by atoms with Crippen molar-refractivity contribution in [3.8, 4) is 0 Å². The highest BCUT2D eigenvalue weighted by Gasteiger charge is 2.41. The smallest absolute Gasteiger partial charge is 0.290 e. The Morgan fingerprint density at radius 2 is 1.30 bits per heavy atom. The van der Waals surface area contributed by atoms with Crippen molar-refractivity contribution in [1.29, 1.82) is 0 Å². The van der Waals surface area contributed by atoms with Crippen LogP contribution in [-0.4, -0.2) is 28.2 Å². The molecule has 1 unspecified atom stereocenters. The molecule has 1 amide bonds. The molecule has 1 aliphatic rings. The first-order chi connectivity index (χ1) is 16.0. The first kappa shape index (κ1) is 27.6. The largest absolute Gasteiger partial charge is 0.503 e. The van der Waals surface area contributed by atoms with Gasteiger partial charge in [-0.25, -0.2) is 0 Å². The molecule has 5 heteroatoms. The topological polar surface area (TPSA) is 57.6 Å². The van der Waals surface area contributed by atoms with Crippen LogP contribution in [0.15, 0.2) is 40.1 Å². The average Bonchev–Trinajstić information content (AvgIpc) is 3.05. The predicted molar refractivity (Wildman–Crippen MR) is 139 cm³/mol. The van der Waals surface area contributed by atoms with E-state index in [1.165, 1.54) is 84.0 Å². The lowest BCUT2D eigenvalue weighted by Gasteiger charge is -2.26. The summed E-state index contributed by atoms with van der Waals surface area (Å²) < 4.78 is 0.937. The second-order valence-corrected chi connectivity index (χ2v) is 10.3. The van der Waals surface area contributed by atoms with E-state index in [0.29, 0.717) is 6.54 Å². The van der Waals surface area contributed by atoms with Gasteiger partial charge in [-0.3, -0.25) is 9.59 Å². The Kier molecular flexibility index (Phi) is 12.8. The molecular weight excluding hydrogens is 478 g/mol. The Labute approximate surface area is 209 Å². The quantitative estimate of drug-likeness (QED) is 0.211. The number of halogens is 1. The van der Waals surface area contributed by atoms with E-state index in [-0.39, 0.29) is 17.1 Å². The van der Waals surface area contributed by atoms with E-state index < -0.39 is 11.9 Å². The van der Waals surface area contributed by atoms with Crippen molar-refractivity contribution < 1.29 is 14.7 Å². The molecule has 1 aromatic rings. The molecule has 0 spiro atoms. The Bertz CT molecular complexity index is 772. The molecule has 1 aromatic carbocycles. The standard InChI is InChI=1S/C28H42BrNO3/c1-3-4-5-6-7-8-9-10-11-12-13-14-15-16-21-30-26(23-17-19-24(29)20-18-23)25(22(2)31)27(32)28(30)33/h17-20,26,32H,3-16,21H2,1-2H3. The van der Waals surface area contributed by atoms with Crippen molar-refractivity contribution in [2.45, 2.75) is 110 Å². The molecule has 0 saturated carbocycles. The van der Waals surface area contributed by atoms with Crippen molar-refractivity contribution in [3.63, 3.8) is 0 Å². The molecule has 2 rings (SSSR count). The minimum atomic E-state index is -0.495. The van der Waals surface area contributed by atoms with Crippen LogP contribution in [0.3, 0.4) is 0 Å². The highest BCUT2D eigenvalue weighted by Crippen LogP contribution is 2.38.